The van der Waals surface area contributed by atoms with Crippen LogP contribution in [0.5, 0.6) is 0 Å². The van der Waals surface area contributed by atoms with Crippen molar-refractivity contribution in [1.29, 1.82) is 0 Å². The minimum atomic E-state index is -0.246. The highest BCUT2D eigenvalue weighted by molar-refractivity contribution is 7.09. The van der Waals surface area contributed by atoms with Crippen molar-refractivity contribution in [3.63, 3.8) is 0 Å². The maximum Gasteiger partial charge on any atom is 0.204 e. The van der Waals surface area contributed by atoms with Crippen LogP contribution in [0.3, 0.4) is 0 Å². The Kier molecular flexibility index (Phi) is 4.96. The number of halogens is 1. The molecule has 1 atom stereocenters. The van der Waals surface area contributed by atoms with Crippen molar-refractivity contribution in [2.24, 2.45) is 0 Å². The maximum absolute atomic E-state index is 13.4. The molecule has 8 heteroatoms. The predicted octanol–water partition coefficient (Wildman–Crippen LogP) is 3.39. The summed E-state index contributed by atoms with van der Waals surface area (Å²) in [6, 6.07) is 4.77. The van der Waals surface area contributed by atoms with Crippen molar-refractivity contribution in [2.45, 2.75) is 33.4 Å². The standard InChI is InChI=1S/C16H18FN5OS/c1-4-23-11(3)16-18-13(9-24-16)8-22-20-15(19-21-22)12-5-6-14(17)10(2)7-12/h5-7,9,11H,4,8H2,1-3H3. The molecule has 1 unspecified atom stereocenters. The molecule has 0 aliphatic carbocycles. The Morgan fingerprint density at radius 1 is 1.38 bits per heavy atom. The zero-order valence-electron chi connectivity index (χ0n) is 13.7. The van der Waals surface area contributed by atoms with Crippen LogP contribution in [0.15, 0.2) is 23.6 Å². The van der Waals surface area contributed by atoms with Crippen molar-refractivity contribution in [1.82, 2.24) is 25.2 Å². The number of thiazole rings is 1. The average molecular weight is 347 g/mol. The molecular formula is C16H18FN5OS. The zero-order chi connectivity index (χ0) is 17.1. The molecule has 0 amide bonds. The van der Waals surface area contributed by atoms with Crippen LogP contribution in [0.4, 0.5) is 4.39 Å². The Morgan fingerprint density at radius 3 is 2.96 bits per heavy atom. The smallest absolute Gasteiger partial charge is 0.204 e. The first-order chi connectivity index (χ1) is 11.6. The van der Waals surface area contributed by atoms with E-state index in [4.69, 9.17) is 4.74 Å². The number of benzene rings is 1. The van der Waals surface area contributed by atoms with Crippen molar-refractivity contribution in [3.05, 3.63) is 45.7 Å². The lowest BCUT2D eigenvalue weighted by Crippen LogP contribution is -2.05. The summed E-state index contributed by atoms with van der Waals surface area (Å²) in [5.41, 5.74) is 2.16. The van der Waals surface area contributed by atoms with Gasteiger partial charge in [0.25, 0.3) is 0 Å². The van der Waals surface area contributed by atoms with Crippen molar-refractivity contribution >= 4 is 11.3 Å². The van der Waals surface area contributed by atoms with E-state index in [-0.39, 0.29) is 11.9 Å². The highest BCUT2D eigenvalue weighted by atomic mass is 32.1. The predicted molar refractivity (Wildman–Crippen MR) is 89.2 cm³/mol. The molecule has 0 saturated carbocycles. The summed E-state index contributed by atoms with van der Waals surface area (Å²) in [5.74, 6) is 0.223. The molecule has 3 rings (SSSR count). The normalized spacial score (nSPS) is 12.5. The number of rotatable bonds is 6. The second-order valence-corrected chi connectivity index (χ2v) is 6.27. The summed E-state index contributed by atoms with van der Waals surface area (Å²) in [6.07, 6.45) is -0.0183. The van der Waals surface area contributed by atoms with Gasteiger partial charge in [-0.2, -0.15) is 4.80 Å². The molecule has 24 heavy (non-hydrogen) atoms. The van der Waals surface area contributed by atoms with Gasteiger partial charge >= 0.3 is 0 Å². The summed E-state index contributed by atoms with van der Waals surface area (Å²) in [4.78, 5) is 6.03. The summed E-state index contributed by atoms with van der Waals surface area (Å²) in [7, 11) is 0. The molecule has 0 fully saturated rings. The van der Waals surface area contributed by atoms with E-state index in [1.54, 1.807) is 30.4 Å². The van der Waals surface area contributed by atoms with Crippen LogP contribution < -0.4 is 0 Å². The number of aromatic nitrogens is 5. The Bertz CT molecular complexity index is 831. The molecule has 0 bridgehead atoms. The van der Waals surface area contributed by atoms with E-state index in [0.29, 0.717) is 24.5 Å². The first-order valence-electron chi connectivity index (χ1n) is 7.67. The number of aryl methyl sites for hydroxylation is 1. The van der Waals surface area contributed by atoms with E-state index in [1.807, 2.05) is 19.2 Å². The second-order valence-electron chi connectivity index (χ2n) is 5.38. The molecule has 3 aromatic rings. The fourth-order valence-corrected chi connectivity index (χ4v) is 3.07. The van der Waals surface area contributed by atoms with Crippen molar-refractivity contribution in [2.75, 3.05) is 6.61 Å². The Morgan fingerprint density at radius 2 is 2.21 bits per heavy atom. The second kappa shape index (κ2) is 7.14. The summed E-state index contributed by atoms with van der Waals surface area (Å²) >= 11 is 1.56. The number of hydrogen-bond acceptors (Lipinski definition) is 6. The molecule has 2 heterocycles. The lowest BCUT2D eigenvalue weighted by atomic mass is 10.1. The monoisotopic (exact) mass is 347 g/mol. The van der Waals surface area contributed by atoms with Gasteiger partial charge < -0.3 is 4.74 Å². The van der Waals surface area contributed by atoms with Crippen LogP contribution >= 0.6 is 11.3 Å². The third-order valence-corrected chi connectivity index (χ3v) is 4.56. The zero-order valence-corrected chi connectivity index (χ0v) is 14.5. The molecule has 0 radical (unpaired) electrons. The summed E-state index contributed by atoms with van der Waals surface area (Å²) in [6.45, 7) is 6.74. The topological polar surface area (TPSA) is 65.7 Å². The average Bonchev–Trinajstić information content (AvgIpc) is 3.20. The first-order valence-corrected chi connectivity index (χ1v) is 8.55. The number of hydrogen-bond donors (Lipinski definition) is 0. The van der Waals surface area contributed by atoms with Crippen LogP contribution in [0, 0.1) is 12.7 Å². The molecular weight excluding hydrogens is 329 g/mol. The van der Waals surface area contributed by atoms with Crippen molar-refractivity contribution in [3.8, 4) is 11.4 Å². The van der Waals surface area contributed by atoms with E-state index >= 15 is 0 Å². The summed E-state index contributed by atoms with van der Waals surface area (Å²) in [5, 5.41) is 15.3. The molecule has 126 valence electrons. The van der Waals surface area contributed by atoms with E-state index in [2.05, 4.69) is 20.4 Å². The van der Waals surface area contributed by atoms with E-state index < -0.39 is 0 Å². The molecule has 0 spiro atoms. The minimum absolute atomic E-state index is 0.0183. The van der Waals surface area contributed by atoms with Gasteiger partial charge in [-0.15, -0.1) is 21.5 Å². The molecule has 0 aliphatic heterocycles. The van der Waals surface area contributed by atoms with E-state index in [1.165, 1.54) is 10.9 Å². The Hall–Kier alpha value is -2.19. The van der Waals surface area contributed by atoms with Gasteiger partial charge in [-0.3, -0.25) is 0 Å². The minimum Gasteiger partial charge on any atom is -0.372 e. The van der Waals surface area contributed by atoms with Gasteiger partial charge in [0.2, 0.25) is 5.82 Å². The van der Waals surface area contributed by atoms with Crippen LogP contribution in [0.1, 0.15) is 36.2 Å². The molecule has 0 N–H and O–H groups in total. The van der Waals surface area contributed by atoms with Crippen molar-refractivity contribution < 1.29 is 9.13 Å². The number of ether oxygens (including phenoxy) is 1. The highest BCUT2D eigenvalue weighted by Gasteiger charge is 2.12. The van der Waals surface area contributed by atoms with Crippen LogP contribution in [0.2, 0.25) is 0 Å². The van der Waals surface area contributed by atoms with Gasteiger partial charge in [-0.25, -0.2) is 9.37 Å². The van der Waals surface area contributed by atoms with Gasteiger partial charge in [0, 0.05) is 17.6 Å². The number of nitrogens with zero attached hydrogens (tertiary/aromatic N) is 5. The molecule has 0 aliphatic rings. The maximum atomic E-state index is 13.4. The van der Waals surface area contributed by atoms with E-state index in [0.717, 1.165) is 16.3 Å². The first kappa shape index (κ1) is 16.7. The fourth-order valence-electron chi connectivity index (χ4n) is 2.26. The van der Waals surface area contributed by atoms with Crippen LogP contribution in [0.25, 0.3) is 11.4 Å². The quantitative estimate of drug-likeness (QED) is 0.684. The third kappa shape index (κ3) is 3.65. The molecule has 2 aromatic heterocycles. The Labute approximate surface area is 143 Å². The Balaban J connectivity index is 1.73. The van der Waals surface area contributed by atoms with Crippen LogP contribution in [-0.2, 0) is 11.3 Å². The van der Waals surface area contributed by atoms with Gasteiger partial charge in [0.1, 0.15) is 23.5 Å². The lowest BCUT2D eigenvalue weighted by Gasteiger charge is -2.06. The van der Waals surface area contributed by atoms with Gasteiger partial charge in [0.15, 0.2) is 0 Å². The molecule has 6 nitrogen and oxygen atoms in total. The van der Waals surface area contributed by atoms with E-state index in [9.17, 15) is 4.39 Å². The number of tetrazole rings is 1. The molecule has 0 saturated heterocycles. The van der Waals surface area contributed by atoms with Gasteiger partial charge in [-0.1, -0.05) is 0 Å². The largest absolute Gasteiger partial charge is 0.372 e. The lowest BCUT2D eigenvalue weighted by molar-refractivity contribution is 0.0761. The van der Waals surface area contributed by atoms with Gasteiger partial charge in [-0.05, 0) is 49.7 Å². The highest BCUT2D eigenvalue weighted by Crippen LogP contribution is 2.22. The van der Waals surface area contributed by atoms with Gasteiger partial charge in [0.05, 0.1) is 5.69 Å². The molecule has 1 aromatic carbocycles. The summed E-state index contributed by atoms with van der Waals surface area (Å²) < 4.78 is 18.9. The SMILES string of the molecule is CCOC(C)c1nc(Cn2nnc(-c3ccc(F)c(C)c3)n2)cs1. The fraction of sp³-hybridized carbons (Fsp3) is 0.375. The van der Waals surface area contributed by atoms with Crippen LogP contribution in [-0.4, -0.2) is 31.8 Å². The third-order valence-electron chi connectivity index (χ3n) is 3.51.